The van der Waals surface area contributed by atoms with Gasteiger partial charge in [0.15, 0.2) is 0 Å². The molecule has 0 radical (unpaired) electrons. The van der Waals surface area contributed by atoms with Crippen molar-refractivity contribution in [2.45, 2.75) is 44.3 Å². The molecule has 2 fully saturated rings. The number of carbonyl (C=O) groups is 1. The monoisotopic (exact) mass is 178 g/mol. The van der Waals surface area contributed by atoms with Gasteiger partial charge in [0.1, 0.15) is 5.78 Å². The molecule has 1 saturated carbocycles. The van der Waals surface area contributed by atoms with E-state index >= 15 is 0 Å². The second kappa shape index (κ2) is 2.68. The molecule has 3 aliphatic rings. The Bertz CT molecular complexity index is 280. The highest BCUT2D eigenvalue weighted by atomic mass is 16.5. The largest absolute Gasteiger partial charge is 0.365 e. The Hall–Kier alpha value is -0.630. The first-order valence-corrected chi connectivity index (χ1v) is 5.23. The molecule has 0 aromatic heterocycles. The van der Waals surface area contributed by atoms with Crippen LogP contribution in [0.3, 0.4) is 0 Å². The highest BCUT2D eigenvalue weighted by molar-refractivity contribution is 5.84. The maximum atomic E-state index is 11.7. The molecule has 2 bridgehead atoms. The van der Waals surface area contributed by atoms with E-state index in [0.717, 1.165) is 12.8 Å². The molecule has 0 aromatic rings. The zero-order valence-electron chi connectivity index (χ0n) is 7.66. The third-order valence-electron chi connectivity index (χ3n) is 3.50. The predicted molar refractivity (Wildman–Crippen MR) is 48.3 cm³/mol. The van der Waals surface area contributed by atoms with Crippen molar-refractivity contribution in [1.29, 1.82) is 0 Å². The van der Waals surface area contributed by atoms with Crippen LogP contribution in [0, 0.1) is 5.92 Å². The average molecular weight is 178 g/mol. The summed E-state index contributed by atoms with van der Waals surface area (Å²) in [6.07, 6.45) is 7.77. The third kappa shape index (κ3) is 1.08. The van der Waals surface area contributed by atoms with Crippen LogP contribution >= 0.6 is 0 Å². The van der Waals surface area contributed by atoms with Crippen molar-refractivity contribution in [3.05, 3.63) is 11.6 Å². The van der Waals surface area contributed by atoms with E-state index < -0.39 is 0 Å². The molecule has 13 heavy (non-hydrogen) atoms. The smallest absolute Gasteiger partial charge is 0.141 e. The van der Waals surface area contributed by atoms with Crippen LogP contribution in [0.5, 0.6) is 0 Å². The molecule has 2 nitrogen and oxygen atoms in total. The van der Waals surface area contributed by atoms with Crippen molar-refractivity contribution in [3.63, 3.8) is 0 Å². The Morgan fingerprint density at radius 2 is 2.31 bits per heavy atom. The highest BCUT2D eigenvalue weighted by Gasteiger charge is 2.43. The molecule has 0 spiro atoms. The quantitative estimate of drug-likeness (QED) is 0.529. The van der Waals surface area contributed by atoms with Crippen LogP contribution in [-0.4, -0.2) is 18.0 Å². The molecule has 1 saturated heterocycles. The van der Waals surface area contributed by atoms with E-state index in [1.54, 1.807) is 0 Å². The summed E-state index contributed by atoms with van der Waals surface area (Å²) in [5, 5.41) is 0. The van der Waals surface area contributed by atoms with Gasteiger partial charge in [-0.1, -0.05) is 12.5 Å². The van der Waals surface area contributed by atoms with Crippen molar-refractivity contribution in [1.82, 2.24) is 0 Å². The van der Waals surface area contributed by atoms with Crippen molar-refractivity contribution < 1.29 is 9.53 Å². The van der Waals surface area contributed by atoms with Crippen LogP contribution in [-0.2, 0) is 9.53 Å². The fraction of sp³-hybridized carbons (Fsp3) is 0.727. The summed E-state index contributed by atoms with van der Waals surface area (Å²) >= 11 is 0. The van der Waals surface area contributed by atoms with Gasteiger partial charge in [-0.05, 0) is 24.8 Å². The van der Waals surface area contributed by atoms with E-state index in [2.05, 4.69) is 6.08 Å². The van der Waals surface area contributed by atoms with E-state index in [-0.39, 0.29) is 18.1 Å². The first-order valence-electron chi connectivity index (χ1n) is 5.23. The van der Waals surface area contributed by atoms with Crippen LogP contribution in [0.4, 0.5) is 0 Å². The number of rotatable bonds is 0. The molecule has 0 amide bonds. The molecular formula is C11H14O2. The summed E-state index contributed by atoms with van der Waals surface area (Å²) < 4.78 is 5.80. The van der Waals surface area contributed by atoms with Crippen molar-refractivity contribution >= 4 is 5.78 Å². The van der Waals surface area contributed by atoms with Gasteiger partial charge in [0.25, 0.3) is 0 Å². The lowest BCUT2D eigenvalue weighted by atomic mass is 9.89. The van der Waals surface area contributed by atoms with Gasteiger partial charge >= 0.3 is 0 Å². The predicted octanol–water partition coefficient (Wildman–Crippen LogP) is 1.84. The maximum Gasteiger partial charge on any atom is 0.141 e. The minimum Gasteiger partial charge on any atom is -0.365 e. The first-order chi connectivity index (χ1) is 6.34. The van der Waals surface area contributed by atoms with Gasteiger partial charge in [0, 0.05) is 12.3 Å². The van der Waals surface area contributed by atoms with Crippen LogP contribution in [0.2, 0.25) is 0 Å². The zero-order chi connectivity index (χ0) is 8.84. The summed E-state index contributed by atoms with van der Waals surface area (Å²) in [6, 6.07) is 0. The minimum absolute atomic E-state index is 0.127. The number of ketones is 1. The second-order valence-electron chi connectivity index (χ2n) is 4.36. The Kier molecular flexibility index (Phi) is 1.59. The summed E-state index contributed by atoms with van der Waals surface area (Å²) in [5.41, 5.74) is 1.42. The number of hydrogen-bond acceptors (Lipinski definition) is 2. The number of ether oxygens (including phenoxy) is 1. The van der Waals surface area contributed by atoms with Crippen molar-refractivity contribution in [2.24, 2.45) is 5.92 Å². The molecule has 1 aliphatic carbocycles. The molecular weight excluding hydrogens is 164 g/mol. The summed E-state index contributed by atoms with van der Waals surface area (Å²) in [7, 11) is 0. The van der Waals surface area contributed by atoms with Crippen LogP contribution in [0.15, 0.2) is 11.6 Å². The van der Waals surface area contributed by atoms with Crippen LogP contribution < -0.4 is 0 Å². The molecule has 3 unspecified atom stereocenters. The number of Topliss-reactive ketones (excluding diaryl/α,β-unsaturated/α-hetero) is 1. The fourth-order valence-corrected chi connectivity index (χ4v) is 2.86. The Labute approximate surface area is 78.0 Å². The van der Waals surface area contributed by atoms with Gasteiger partial charge in [-0.3, -0.25) is 4.79 Å². The van der Waals surface area contributed by atoms with E-state index in [9.17, 15) is 4.79 Å². The molecule has 2 heteroatoms. The molecule has 0 N–H and O–H groups in total. The van der Waals surface area contributed by atoms with Gasteiger partial charge in [-0.15, -0.1) is 0 Å². The van der Waals surface area contributed by atoms with E-state index in [0.29, 0.717) is 12.2 Å². The number of hydrogen-bond donors (Lipinski definition) is 0. The SMILES string of the molecule is O=C1CC2C=C3CCCCC1C3O2. The summed E-state index contributed by atoms with van der Waals surface area (Å²) in [4.78, 5) is 11.7. The summed E-state index contributed by atoms with van der Waals surface area (Å²) in [5.74, 6) is 0.641. The Morgan fingerprint density at radius 3 is 3.23 bits per heavy atom. The standard InChI is InChI=1S/C11H14O2/c12-10-6-8-5-7-3-1-2-4-9(10)11(7)13-8/h5,8-9,11H,1-4,6H2. The Morgan fingerprint density at radius 1 is 1.38 bits per heavy atom. The highest BCUT2D eigenvalue weighted by Crippen LogP contribution is 2.40. The first kappa shape index (κ1) is 7.74. The van der Waals surface area contributed by atoms with Crippen molar-refractivity contribution in [2.75, 3.05) is 0 Å². The van der Waals surface area contributed by atoms with Gasteiger partial charge in [0.2, 0.25) is 0 Å². The zero-order valence-corrected chi connectivity index (χ0v) is 7.66. The van der Waals surface area contributed by atoms with Gasteiger partial charge in [-0.2, -0.15) is 0 Å². The lowest BCUT2D eigenvalue weighted by Crippen LogP contribution is -2.36. The fourth-order valence-electron chi connectivity index (χ4n) is 2.86. The van der Waals surface area contributed by atoms with Crippen LogP contribution in [0.25, 0.3) is 0 Å². The van der Waals surface area contributed by atoms with E-state index in [1.165, 1.54) is 18.4 Å². The topological polar surface area (TPSA) is 26.3 Å². The molecule has 2 heterocycles. The lowest BCUT2D eigenvalue weighted by Gasteiger charge is -2.28. The maximum absolute atomic E-state index is 11.7. The Balaban J connectivity index is 1.99. The van der Waals surface area contributed by atoms with E-state index in [1.807, 2.05) is 0 Å². The third-order valence-corrected chi connectivity index (χ3v) is 3.50. The molecule has 3 rings (SSSR count). The van der Waals surface area contributed by atoms with Crippen LogP contribution in [0.1, 0.15) is 32.1 Å². The summed E-state index contributed by atoms with van der Waals surface area (Å²) in [6.45, 7) is 0. The average Bonchev–Trinajstić information content (AvgIpc) is 2.31. The molecule has 0 aromatic carbocycles. The minimum atomic E-state index is 0.127. The van der Waals surface area contributed by atoms with Crippen molar-refractivity contribution in [3.8, 4) is 0 Å². The van der Waals surface area contributed by atoms with Gasteiger partial charge in [0.05, 0.1) is 12.2 Å². The number of fused-ring (bicyclic) bond motifs is 1. The second-order valence-corrected chi connectivity index (χ2v) is 4.36. The normalized spacial score (nSPS) is 42.9. The molecule has 3 atom stereocenters. The van der Waals surface area contributed by atoms with E-state index in [4.69, 9.17) is 4.74 Å². The van der Waals surface area contributed by atoms with Gasteiger partial charge in [-0.25, -0.2) is 0 Å². The molecule has 2 aliphatic heterocycles. The molecule has 70 valence electrons. The lowest BCUT2D eigenvalue weighted by molar-refractivity contribution is -0.136. The van der Waals surface area contributed by atoms with Gasteiger partial charge < -0.3 is 4.74 Å². The number of carbonyl (C=O) groups excluding carboxylic acids is 1.